The van der Waals surface area contributed by atoms with Crippen molar-refractivity contribution in [2.75, 3.05) is 5.73 Å². The first-order valence-corrected chi connectivity index (χ1v) is 6.76. The zero-order chi connectivity index (χ0) is 12.3. The summed E-state index contributed by atoms with van der Waals surface area (Å²) in [6.45, 7) is 3.20. The van der Waals surface area contributed by atoms with Gasteiger partial charge in [0, 0.05) is 12.1 Å². The minimum Gasteiger partial charge on any atom is -0.398 e. The predicted molar refractivity (Wildman–Crippen MR) is 74.2 cm³/mol. The molecular formula is C14H21ClN2. The first-order valence-electron chi connectivity index (χ1n) is 6.38. The molecule has 0 bridgehead atoms. The molecule has 2 rings (SSSR count). The molecule has 0 atom stereocenters. The van der Waals surface area contributed by atoms with Gasteiger partial charge in [0.15, 0.2) is 0 Å². The number of nitrogens with one attached hydrogen (secondary N) is 1. The number of hydrogen-bond donors (Lipinski definition) is 2. The van der Waals surface area contributed by atoms with Gasteiger partial charge in [-0.15, -0.1) is 0 Å². The molecule has 0 spiro atoms. The van der Waals surface area contributed by atoms with Gasteiger partial charge >= 0.3 is 0 Å². The zero-order valence-corrected chi connectivity index (χ0v) is 11.2. The highest BCUT2D eigenvalue weighted by molar-refractivity contribution is 6.33. The maximum absolute atomic E-state index is 6.02. The molecular weight excluding hydrogens is 232 g/mol. The minimum atomic E-state index is 0.298. The van der Waals surface area contributed by atoms with Crippen molar-refractivity contribution in [1.82, 2.24) is 5.32 Å². The van der Waals surface area contributed by atoms with E-state index in [-0.39, 0.29) is 0 Å². The van der Waals surface area contributed by atoms with Crippen molar-refractivity contribution >= 4 is 17.3 Å². The SMILES string of the molecule is CC1(NCc2ccc(N)c(Cl)c2)CCCCC1. The summed E-state index contributed by atoms with van der Waals surface area (Å²) in [4.78, 5) is 0. The van der Waals surface area contributed by atoms with Crippen LogP contribution in [0.5, 0.6) is 0 Å². The highest BCUT2D eigenvalue weighted by atomic mass is 35.5. The predicted octanol–water partition coefficient (Wildman–Crippen LogP) is 3.73. The molecule has 0 amide bonds. The third-order valence-corrected chi connectivity index (χ3v) is 4.07. The fourth-order valence-corrected chi connectivity index (χ4v) is 2.71. The van der Waals surface area contributed by atoms with Gasteiger partial charge in [0.25, 0.3) is 0 Å². The molecule has 1 aliphatic rings. The van der Waals surface area contributed by atoms with E-state index in [2.05, 4.69) is 12.2 Å². The van der Waals surface area contributed by atoms with Crippen molar-refractivity contribution in [3.63, 3.8) is 0 Å². The van der Waals surface area contributed by atoms with E-state index in [1.54, 1.807) is 0 Å². The van der Waals surface area contributed by atoms with Crippen LogP contribution < -0.4 is 11.1 Å². The molecule has 0 saturated heterocycles. The summed E-state index contributed by atoms with van der Waals surface area (Å²) in [5.41, 5.74) is 7.86. The third-order valence-electron chi connectivity index (χ3n) is 3.74. The van der Waals surface area contributed by atoms with E-state index in [1.807, 2.05) is 18.2 Å². The molecule has 1 fully saturated rings. The summed E-state index contributed by atoms with van der Waals surface area (Å²) >= 11 is 6.02. The molecule has 1 saturated carbocycles. The number of halogens is 1. The van der Waals surface area contributed by atoms with Gasteiger partial charge in [-0.25, -0.2) is 0 Å². The van der Waals surface area contributed by atoms with Crippen molar-refractivity contribution in [2.24, 2.45) is 0 Å². The normalized spacial score (nSPS) is 19.2. The Morgan fingerprint density at radius 1 is 1.29 bits per heavy atom. The van der Waals surface area contributed by atoms with Crippen LogP contribution in [0, 0.1) is 0 Å². The Balaban J connectivity index is 1.94. The van der Waals surface area contributed by atoms with Gasteiger partial charge in [-0.2, -0.15) is 0 Å². The second-order valence-electron chi connectivity index (χ2n) is 5.33. The molecule has 1 aromatic rings. The van der Waals surface area contributed by atoms with E-state index in [0.29, 0.717) is 16.2 Å². The minimum absolute atomic E-state index is 0.298. The number of benzene rings is 1. The van der Waals surface area contributed by atoms with Crippen LogP contribution in [0.4, 0.5) is 5.69 Å². The molecule has 3 heteroatoms. The van der Waals surface area contributed by atoms with Gasteiger partial charge in [0.05, 0.1) is 10.7 Å². The van der Waals surface area contributed by atoms with E-state index < -0.39 is 0 Å². The fourth-order valence-electron chi connectivity index (χ4n) is 2.50. The van der Waals surface area contributed by atoms with Crippen LogP contribution in [0.3, 0.4) is 0 Å². The van der Waals surface area contributed by atoms with Gasteiger partial charge in [-0.05, 0) is 37.5 Å². The fraction of sp³-hybridized carbons (Fsp3) is 0.571. The number of nitrogens with two attached hydrogens (primary N) is 1. The summed E-state index contributed by atoms with van der Waals surface area (Å²) in [6, 6.07) is 5.87. The topological polar surface area (TPSA) is 38.0 Å². The Bertz CT molecular complexity index is 384. The maximum Gasteiger partial charge on any atom is 0.0638 e. The average molecular weight is 253 g/mol. The molecule has 1 aliphatic carbocycles. The van der Waals surface area contributed by atoms with Gasteiger partial charge in [-0.1, -0.05) is 36.9 Å². The largest absolute Gasteiger partial charge is 0.398 e. The van der Waals surface area contributed by atoms with Gasteiger partial charge < -0.3 is 11.1 Å². The summed E-state index contributed by atoms with van der Waals surface area (Å²) in [5.74, 6) is 0. The molecule has 0 aliphatic heterocycles. The molecule has 94 valence electrons. The highest BCUT2D eigenvalue weighted by Gasteiger charge is 2.25. The first kappa shape index (κ1) is 12.7. The second-order valence-corrected chi connectivity index (χ2v) is 5.74. The lowest BCUT2D eigenvalue weighted by molar-refractivity contribution is 0.252. The maximum atomic E-state index is 6.02. The highest BCUT2D eigenvalue weighted by Crippen LogP contribution is 2.28. The summed E-state index contributed by atoms with van der Waals surface area (Å²) < 4.78 is 0. The van der Waals surface area contributed by atoms with Crippen LogP contribution in [0.1, 0.15) is 44.6 Å². The van der Waals surface area contributed by atoms with E-state index in [0.717, 1.165) is 6.54 Å². The first-order chi connectivity index (χ1) is 8.09. The Kier molecular flexibility index (Phi) is 3.95. The van der Waals surface area contributed by atoms with Crippen LogP contribution in [-0.2, 0) is 6.54 Å². The Labute approximate surface area is 109 Å². The molecule has 0 heterocycles. The molecule has 3 N–H and O–H groups in total. The van der Waals surface area contributed by atoms with Crippen LogP contribution in [0.25, 0.3) is 0 Å². The lowest BCUT2D eigenvalue weighted by Gasteiger charge is -2.34. The van der Waals surface area contributed by atoms with E-state index in [4.69, 9.17) is 17.3 Å². The molecule has 1 aromatic carbocycles. The summed E-state index contributed by atoms with van der Waals surface area (Å²) in [5, 5.41) is 4.31. The van der Waals surface area contributed by atoms with Crippen LogP contribution in [0.2, 0.25) is 5.02 Å². The van der Waals surface area contributed by atoms with Gasteiger partial charge in [0.2, 0.25) is 0 Å². The van der Waals surface area contributed by atoms with Crippen molar-refractivity contribution in [1.29, 1.82) is 0 Å². The Morgan fingerprint density at radius 2 is 2.00 bits per heavy atom. The van der Waals surface area contributed by atoms with Crippen molar-refractivity contribution in [2.45, 2.75) is 51.1 Å². The van der Waals surface area contributed by atoms with Crippen molar-refractivity contribution in [3.8, 4) is 0 Å². The number of hydrogen-bond acceptors (Lipinski definition) is 2. The van der Waals surface area contributed by atoms with E-state index in [9.17, 15) is 0 Å². The molecule has 0 unspecified atom stereocenters. The van der Waals surface area contributed by atoms with Crippen LogP contribution in [-0.4, -0.2) is 5.54 Å². The smallest absolute Gasteiger partial charge is 0.0638 e. The summed E-state index contributed by atoms with van der Waals surface area (Å²) in [6.07, 6.45) is 6.61. The van der Waals surface area contributed by atoms with Gasteiger partial charge in [0.1, 0.15) is 0 Å². The van der Waals surface area contributed by atoms with Gasteiger partial charge in [-0.3, -0.25) is 0 Å². The molecule has 2 nitrogen and oxygen atoms in total. The third kappa shape index (κ3) is 3.36. The van der Waals surface area contributed by atoms with Crippen LogP contribution in [0.15, 0.2) is 18.2 Å². The molecule has 17 heavy (non-hydrogen) atoms. The monoisotopic (exact) mass is 252 g/mol. The second kappa shape index (κ2) is 5.28. The number of nitrogen functional groups attached to an aromatic ring is 1. The molecule has 0 radical (unpaired) electrons. The number of rotatable bonds is 3. The van der Waals surface area contributed by atoms with E-state index >= 15 is 0 Å². The Hall–Kier alpha value is -0.730. The average Bonchev–Trinajstić information content (AvgIpc) is 2.32. The lowest BCUT2D eigenvalue weighted by atomic mass is 9.83. The lowest BCUT2D eigenvalue weighted by Crippen LogP contribution is -2.43. The van der Waals surface area contributed by atoms with E-state index in [1.165, 1.54) is 37.7 Å². The van der Waals surface area contributed by atoms with Crippen LogP contribution >= 0.6 is 11.6 Å². The quantitative estimate of drug-likeness (QED) is 0.805. The van der Waals surface area contributed by atoms with Crippen molar-refractivity contribution < 1.29 is 0 Å². The molecule has 0 aromatic heterocycles. The summed E-state index contributed by atoms with van der Waals surface area (Å²) in [7, 11) is 0. The Morgan fingerprint density at radius 3 is 2.65 bits per heavy atom. The zero-order valence-electron chi connectivity index (χ0n) is 10.4. The standard InChI is InChI=1S/C14H21ClN2/c1-14(7-3-2-4-8-14)17-10-11-5-6-13(16)12(15)9-11/h5-6,9,17H,2-4,7-8,10,16H2,1H3. The number of anilines is 1. The van der Waals surface area contributed by atoms with Crippen molar-refractivity contribution in [3.05, 3.63) is 28.8 Å².